The van der Waals surface area contributed by atoms with Gasteiger partial charge in [-0.3, -0.25) is 0 Å². The average Bonchev–Trinajstić information content (AvgIpc) is 2.17. The lowest BCUT2D eigenvalue weighted by Gasteiger charge is -2.16. The van der Waals surface area contributed by atoms with Crippen molar-refractivity contribution in [2.24, 2.45) is 5.73 Å². The molecule has 1 aromatic carbocycles. The lowest BCUT2D eigenvalue weighted by atomic mass is 9.93. The summed E-state index contributed by atoms with van der Waals surface area (Å²) in [5.41, 5.74) is 10.3. The number of aryl methyl sites for hydroxylation is 1. The molecule has 1 heteroatoms. The van der Waals surface area contributed by atoms with Crippen molar-refractivity contribution in [3.05, 3.63) is 34.9 Å². The average molecular weight is 191 g/mol. The van der Waals surface area contributed by atoms with E-state index in [1.54, 1.807) is 0 Å². The van der Waals surface area contributed by atoms with E-state index in [-0.39, 0.29) is 6.04 Å². The highest BCUT2D eigenvalue weighted by atomic mass is 14.6. The molecule has 0 heterocycles. The molecular formula is C13H21N. The Kier molecular flexibility index (Phi) is 4.15. The first-order valence-electron chi connectivity index (χ1n) is 5.54. The normalized spacial score (nSPS) is 12.9. The minimum atomic E-state index is 0.217. The summed E-state index contributed by atoms with van der Waals surface area (Å²) in [5.74, 6) is 0. The van der Waals surface area contributed by atoms with Crippen LogP contribution in [0.15, 0.2) is 18.2 Å². The third-order valence-electron chi connectivity index (χ3n) is 2.80. The van der Waals surface area contributed by atoms with Crippen molar-refractivity contribution in [1.29, 1.82) is 0 Å². The van der Waals surface area contributed by atoms with E-state index in [9.17, 15) is 0 Å². The molecule has 1 rings (SSSR count). The number of benzene rings is 1. The first-order chi connectivity index (χ1) is 6.70. The van der Waals surface area contributed by atoms with Gasteiger partial charge in [-0.25, -0.2) is 0 Å². The standard InChI is InChI=1S/C13H21N/c1-4-7-13(14)12-9-6-8-10(3)11(12)5-2/h6,8-9,13H,4-5,7,14H2,1-3H3. The second-order valence-corrected chi connectivity index (χ2v) is 3.89. The van der Waals surface area contributed by atoms with Crippen molar-refractivity contribution in [2.45, 2.75) is 46.1 Å². The van der Waals surface area contributed by atoms with Gasteiger partial charge in [0.05, 0.1) is 0 Å². The Morgan fingerprint density at radius 3 is 2.57 bits per heavy atom. The van der Waals surface area contributed by atoms with Gasteiger partial charge in [0.1, 0.15) is 0 Å². The van der Waals surface area contributed by atoms with Crippen LogP contribution in [0.5, 0.6) is 0 Å². The maximum atomic E-state index is 6.15. The van der Waals surface area contributed by atoms with Crippen LogP contribution in [0.1, 0.15) is 49.4 Å². The van der Waals surface area contributed by atoms with Crippen LogP contribution in [-0.4, -0.2) is 0 Å². The van der Waals surface area contributed by atoms with Crippen molar-refractivity contribution in [1.82, 2.24) is 0 Å². The molecule has 0 saturated heterocycles. The first kappa shape index (κ1) is 11.3. The number of hydrogen-bond donors (Lipinski definition) is 1. The van der Waals surface area contributed by atoms with Crippen LogP contribution in [0.2, 0.25) is 0 Å². The summed E-state index contributed by atoms with van der Waals surface area (Å²) < 4.78 is 0. The number of rotatable bonds is 4. The number of nitrogens with two attached hydrogens (primary N) is 1. The molecule has 0 spiro atoms. The highest BCUT2D eigenvalue weighted by Crippen LogP contribution is 2.23. The maximum Gasteiger partial charge on any atom is 0.0297 e. The summed E-state index contributed by atoms with van der Waals surface area (Å²) in [6, 6.07) is 6.67. The predicted molar refractivity (Wildman–Crippen MR) is 62.4 cm³/mol. The largest absolute Gasteiger partial charge is 0.324 e. The number of hydrogen-bond acceptors (Lipinski definition) is 1. The van der Waals surface area contributed by atoms with Gasteiger partial charge < -0.3 is 5.73 Å². The predicted octanol–water partition coefficient (Wildman–Crippen LogP) is 3.36. The zero-order valence-corrected chi connectivity index (χ0v) is 9.51. The summed E-state index contributed by atoms with van der Waals surface area (Å²) >= 11 is 0. The van der Waals surface area contributed by atoms with E-state index in [0.29, 0.717) is 0 Å². The lowest BCUT2D eigenvalue weighted by Crippen LogP contribution is -2.12. The summed E-state index contributed by atoms with van der Waals surface area (Å²) in [6.45, 7) is 6.55. The smallest absolute Gasteiger partial charge is 0.0297 e. The van der Waals surface area contributed by atoms with Gasteiger partial charge in [-0.15, -0.1) is 0 Å². The van der Waals surface area contributed by atoms with Gasteiger partial charge in [0, 0.05) is 6.04 Å². The molecule has 0 fully saturated rings. The van der Waals surface area contributed by atoms with Crippen LogP contribution in [0.25, 0.3) is 0 Å². The topological polar surface area (TPSA) is 26.0 Å². The summed E-state index contributed by atoms with van der Waals surface area (Å²) in [7, 11) is 0. The van der Waals surface area contributed by atoms with Crippen LogP contribution < -0.4 is 5.73 Å². The van der Waals surface area contributed by atoms with Gasteiger partial charge in [0.25, 0.3) is 0 Å². The van der Waals surface area contributed by atoms with E-state index < -0.39 is 0 Å². The Morgan fingerprint density at radius 2 is 2.00 bits per heavy atom. The zero-order chi connectivity index (χ0) is 10.6. The molecule has 0 saturated carbocycles. The molecule has 14 heavy (non-hydrogen) atoms. The van der Waals surface area contributed by atoms with E-state index in [1.807, 2.05) is 0 Å². The Hall–Kier alpha value is -0.820. The fraction of sp³-hybridized carbons (Fsp3) is 0.538. The quantitative estimate of drug-likeness (QED) is 0.776. The first-order valence-corrected chi connectivity index (χ1v) is 5.54. The maximum absolute atomic E-state index is 6.15. The van der Waals surface area contributed by atoms with E-state index in [0.717, 1.165) is 19.3 Å². The van der Waals surface area contributed by atoms with Crippen LogP contribution in [0.4, 0.5) is 0 Å². The molecule has 1 atom stereocenters. The van der Waals surface area contributed by atoms with E-state index in [1.165, 1.54) is 16.7 Å². The monoisotopic (exact) mass is 191 g/mol. The van der Waals surface area contributed by atoms with Gasteiger partial charge in [0.2, 0.25) is 0 Å². The molecule has 1 nitrogen and oxygen atoms in total. The highest BCUT2D eigenvalue weighted by Gasteiger charge is 2.10. The molecule has 0 bridgehead atoms. The molecule has 0 aromatic heterocycles. The van der Waals surface area contributed by atoms with E-state index in [2.05, 4.69) is 39.0 Å². The Morgan fingerprint density at radius 1 is 1.29 bits per heavy atom. The molecule has 0 amide bonds. The van der Waals surface area contributed by atoms with Gasteiger partial charge in [-0.1, -0.05) is 38.5 Å². The molecule has 2 N–H and O–H groups in total. The lowest BCUT2D eigenvalue weighted by molar-refractivity contribution is 0.632. The van der Waals surface area contributed by atoms with Crippen molar-refractivity contribution >= 4 is 0 Å². The van der Waals surface area contributed by atoms with Crippen molar-refractivity contribution in [3.8, 4) is 0 Å². The second kappa shape index (κ2) is 5.16. The van der Waals surface area contributed by atoms with E-state index >= 15 is 0 Å². The molecule has 1 aromatic rings. The van der Waals surface area contributed by atoms with Crippen LogP contribution in [0, 0.1) is 6.92 Å². The minimum Gasteiger partial charge on any atom is -0.324 e. The van der Waals surface area contributed by atoms with Gasteiger partial charge in [0.15, 0.2) is 0 Å². The van der Waals surface area contributed by atoms with E-state index in [4.69, 9.17) is 5.73 Å². The zero-order valence-electron chi connectivity index (χ0n) is 9.51. The van der Waals surface area contributed by atoms with Crippen LogP contribution in [-0.2, 0) is 6.42 Å². The molecule has 0 radical (unpaired) electrons. The molecule has 78 valence electrons. The summed E-state index contributed by atoms with van der Waals surface area (Å²) in [6.07, 6.45) is 3.31. The van der Waals surface area contributed by atoms with Gasteiger partial charge in [-0.05, 0) is 36.5 Å². The van der Waals surface area contributed by atoms with Crippen molar-refractivity contribution in [2.75, 3.05) is 0 Å². The van der Waals surface area contributed by atoms with Gasteiger partial charge >= 0.3 is 0 Å². The summed E-state index contributed by atoms with van der Waals surface area (Å²) in [5, 5.41) is 0. The Balaban J connectivity index is 3.00. The Labute approximate surface area is 87.3 Å². The molecule has 0 aliphatic heterocycles. The van der Waals surface area contributed by atoms with Crippen molar-refractivity contribution < 1.29 is 0 Å². The van der Waals surface area contributed by atoms with Crippen LogP contribution >= 0.6 is 0 Å². The fourth-order valence-electron chi connectivity index (χ4n) is 2.02. The highest BCUT2D eigenvalue weighted by molar-refractivity contribution is 5.36. The fourth-order valence-corrected chi connectivity index (χ4v) is 2.02. The second-order valence-electron chi connectivity index (χ2n) is 3.89. The SMILES string of the molecule is CCCC(N)c1cccc(C)c1CC. The van der Waals surface area contributed by atoms with Crippen LogP contribution in [0.3, 0.4) is 0 Å². The van der Waals surface area contributed by atoms with Crippen molar-refractivity contribution in [3.63, 3.8) is 0 Å². The van der Waals surface area contributed by atoms with Gasteiger partial charge in [-0.2, -0.15) is 0 Å². The summed E-state index contributed by atoms with van der Waals surface area (Å²) in [4.78, 5) is 0. The molecule has 1 unspecified atom stereocenters. The minimum absolute atomic E-state index is 0.217. The Bertz CT molecular complexity index is 291. The third-order valence-corrected chi connectivity index (χ3v) is 2.80. The molecule has 0 aliphatic carbocycles. The molecular weight excluding hydrogens is 170 g/mol. The molecule has 0 aliphatic rings. The third kappa shape index (κ3) is 2.36.